The lowest BCUT2D eigenvalue weighted by molar-refractivity contribution is -0.141. The number of aryl methyl sites for hydroxylation is 1. The standard InChI is InChI=1S/C13H12F4N4/c1-7-5-8(14)3-4-9(7)19-11-6-10(13(15,16)17)20-12(18-2)21-11/h3-6H,1-2H3,(H2,18,19,20,21). The first-order valence-corrected chi connectivity index (χ1v) is 5.97. The van der Waals surface area contributed by atoms with Gasteiger partial charge in [-0.3, -0.25) is 0 Å². The molecule has 1 aromatic carbocycles. The summed E-state index contributed by atoms with van der Waals surface area (Å²) >= 11 is 0. The zero-order chi connectivity index (χ0) is 15.6. The minimum absolute atomic E-state index is 0.0311. The maximum atomic E-state index is 13.0. The average molecular weight is 300 g/mol. The van der Waals surface area contributed by atoms with Crippen molar-refractivity contribution in [1.82, 2.24) is 9.97 Å². The van der Waals surface area contributed by atoms with E-state index < -0.39 is 17.7 Å². The molecule has 0 aliphatic heterocycles. The Morgan fingerprint density at radius 1 is 1.10 bits per heavy atom. The van der Waals surface area contributed by atoms with Crippen molar-refractivity contribution in [2.45, 2.75) is 13.1 Å². The van der Waals surface area contributed by atoms with Gasteiger partial charge in [-0.15, -0.1) is 0 Å². The molecule has 0 bridgehead atoms. The maximum Gasteiger partial charge on any atom is 0.433 e. The fourth-order valence-corrected chi connectivity index (χ4v) is 1.67. The number of hydrogen-bond donors (Lipinski definition) is 2. The van der Waals surface area contributed by atoms with Crippen LogP contribution < -0.4 is 10.6 Å². The van der Waals surface area contributed by atoms with Gasteiger partial charge in [0.2, 0.25) is 5.95 Å². The van der Waals surface area contributed by atoms with E-state index in [1.165, 1.54) is 25.2 Å². The van der Waals surface area contributed by atoms with E-state index in [1.54, 1.807) is 6.92 Å². The molecule has 0 fully saturated rings. The van der Waals surface area contributed by atoms with Crippen molar-refractivity contribution in [1.29, 1.82) is 0 Å². The van der Waals surface area contributed by atoms with Crippen LogP contribution in [0.1, 0.15) is 11.3 Å². The van der Waals surface area contributed by atoms with E-state index in [-0.39, 0.29) is 11.8 Å². The summed E-state index contributed by atoms with van der Waals surface area (Å²) in [6.07, 6.45) is -4.58. The minimum Gasteiger partial charge on any atom is -0.357 e. The summed E-state index contributed by atoms with van der Waals surface area (Å²) in [6, 6.07) is 4.70. The number of alkyl halides is 3. The Labute approximate surface area is 118 Å². The molecular weight excluding hydrogens is 288 g/mol. The minimum atomic E-state index is -4.58. The van der Waals surface area contributed by atoms with E-state index in [2.05, 4.69) is 20.6 Å². The van der Waals surface area contributed by atoms with Crippen molar-refractivity contribution >= 4 is 17.5 Å². The van der Waals surface area contributed by atoms with Crippen molar-refractivity contribution in [3.8, 4) is 0 Å². The molecular formula is C13H12F4N4. The SMILES string of the molecule is CNc1nc(Nc2ccc(F)cc2C)cc(C(F)(F)F)n1. The number of aromatic nitrogens is 2. The van der Waals surface area contributed by atoms with Crippen LogP contribution >= 0.6 is 0 Å². The predicted octanol–water partition coefficient (Wildman–Crippen LogP) is 3.73. The largest absolute Gasteiger partial charge is 0.433 e. The molecule has 112 valence electrons. The zero-order valence-electron chi connectivity index (χ0n) is 11.2. The molecule has 1 heterocycles. The summed E-state index contributed by atoms with van der Waals surface area (Å²) in [5.74, 6) is -0.615. The monoisotopic (exact) mass is 300 g/mol. The van der Waals surface area contributed by atoms with Crippen molar-refractivity contribution < 1.29 is 17.6 Å². The van der Waals surface area contributed by atoms with E-state index >= 15 is 0 Å². The molecule has 1 aromatic heterocycles. The van der Waals surface area contributed by atoms with Crippen LogP contribution in [-0.4, -0.2) is 17.0 Å². The average Bonchev–Trinajstić information content (AvgIpc) is 2.40. The third kappa shape index (κ3) is 3.59. The molecule has 0 amide bonds. The van der Waals surface area contributed by atoms with Gasteiger partial charge < -0.3 is 10.6 Å². The molecule has 0 saturated heterocycles. The molecule has 0 aliphatic carbocycles. The Kier molecular flexibility index (Phi) is 3.97. The van der Waals surface area contributed by atoms with Gasteiger partial charge in [-0.1, -0.05) is 0 Å². The normalized spacial score (nSPS) is 11.3. The van der Waals surface area contributed by atoms with E-state index in [1.807, 2.05) is 0 Å². The Bertz CT molecular complexity index is 655. The van der Waals surface area contributed by atoms with Gasteiger partial charge >= 0.3 is 6.18 Å². The molecule has 2 rings (SSSR count). The van der Waals surface area contributed by atoms with Gasteiger partial charge in [-0.25, -0.2) is 9.37 Å². The van der Waals surface area contributed by atoms with E-state index in [0.717, 1.165) is 6.07 Å². The lowest BCUT2D eigenvalue weighted by atomic mass is 10.2. The Morgan fingerprint density at radius 2 is 1.81 bits per heavy atom. The smallest absolute Gasteiger partial charge is 0.357 e. The molecule has 8 heteroatoms. The fourth-order valence-electron chi connectivity index (χ4n) is 1.67. The van der Waals surface area contributed by atoms with Crippen molar-refractivity contribution in [3.05, 3.63) is 41.3 Å². The summed E-state index contributed by atoms with van der Waals surface area (Å²) in [6.45, 7) is 1.64. The quantitative estimate of drug-likeness (QED) is 0.848. The second kappa shape index (κ2) is 5.55. The van der Waals surface area contributed by atoms with Gasteiger partial charge in [0.1, 0.15) is 11.6 Å². The third-order valence-corrected chi connectivity index (χ3v) is 2.69. The van der Waals surface area contributed by atoms with Gasteiger partial charge in [0, 0.05) is 18.8 Å². The number of anilines is 3. The predicted molar refractivity (Wildman–Crippen MR) is 71.0 cm³/mol. The van der Waals surface area contributed by atoms with Crippen molar-refractivity contribution in [2.24, 2.45) is 0 Å². The summed E-state index contributed by atoms with van der Waals surface area (Å²) < 4.78 is 51.3. The number of benzene rings is 1. The first-order chi connectivity index (χ1) is 9.79. The second-order valence-electron chi connectivity index (χ2n) is 4.29. The molecule has 0 aliphatic rings. The highest BCUT2D eigenvalue weighted by Gasteiger charge is 2.33. The summed E-state index contributed by atoms with van der Waals surface area (Å²) in [5, 5.41) is 5.20. The topological polar surface area (TPSA) is 49.8 Å². The number of nitrogens with one attached hydrogen (secondary N) is 2. The molecule has 0 unspecified atom stereocenters. The molecule has 21 heavy (non-hydrogen) atoms. The lowest BCUT2D eigenvalue weighted by Gasteiger charge is -2.13. The molecule has 4 nitrogen and oxygen atoms in total. The first-order valence-electron chi connectivity index (χ1n) is 5.97. The van der Waals surface area contributed by atoms with Crippen LogP contribution in [0.2, 0.25) is 0 Å². The van der Waals surface area contributed by atoms with Crippen LogP contribution in [0.5, 0.6) is 0 Å². The Morgan fingerprint density at radius 3 is 2.38 bits per heavy atom. The number of hydrogen-bond acceptors (Lipinski definition) is 4. The Balaban J connectivity index is 2.39. The van der Waals surface area contributed by atoms with Crippen LogP contribution in [0.4, 0.5) is 35.0 Å². The van der Waals surface area contributed by atoms with Crippen LogP contribution in [-0.2, 0) is 6.18 Å². The van der Waals surface area contributed by atoms with Gasteiger partial charge in [-0.05, 0) is 30.7 Å². The van der Waals surface area contributed by atoms with E-state index in [9.17, 15) is 17.6 Å². The number of halogens is 4. The molecule has 0 saturated carbocycles. The molecule has 2 aromatic rings. The van der Waals surface area contributed by atoms with Gasteiger partial charge in [0.15, 0.2) is 5.69 Å². The molecule has 0 radical (unpaired) electrons. The summed E-state index contributed by atoms with van der Waals surface area (Å²) in [5.41, 5.74) is -0.0532. The highest BCUT2D eigenvalue weighted by Crippen LogP contribution is 2.30. The van der Waals surface area contributed by atoms with Crippen LogP contribution in [0.25, 0.3) is 0 Å². The molecule has 0 spiro atoms. The molecule has 2 N–H and O–H groups in total. The van der Waals surface area contributed by atoms with Gasteiger partial charge in [-0.2, -0.15) is 18.2 Å². The Hall–Kier alpha value is -2.38. The van der Waals surface area contributed by atoms with Crippen LogP contribution in [0.3, 0.4) is 0 Å². The lowest BCUT2D eigenvalue weighted by Crippen LogP contribution is -2.12. The van der Waals surface area contributed by atoms with Crippen molar-refractivity contribution in [3.63, 3.8) is 0 Å². The number of nitrogens with zero attached hydrogens (tertiary/aromatic N) is 2. The van der Waals surface area contributed by atoms with E-state index in [4.69, 9.17) is 0 Å². The molecule has 0 atom stereocenters. The highest BCUT2D eigenvalue weighted by molar-refractivity contribution is 5.61. The zero-order valence-corrected chi connectivity index (χ0v) is 11.2. The summed E-state index contributed by atoms with van der Waals surface area (Å²) in [7, 11) is 1.42. The van der Waals surface area contributed by atoms with Crippen LogP contribution in [0.15, 0.2) is 24.3 Å². The van der Waals surface area contributed by atoms with Crippen molar-refractivity contribution in [2.75, 3.05) is 17.7 Å². The van der Waals surface area contributed by atoms with Gasteiger partial charge in [0.05, 0.1) is 0 Å². The second-order valence-corrected chi connectivity index (χ2v) is 4.29. The maximum absolute atomic E-state index is 13.0. The van der Waals surface area contributed by atoms with Gasteiger partial charge in [0.25, 0.3) is 0 Å². The first kappa shape index (κ1) is 15.0. The highest BCUT2D eigenvalue weighted by atomic mass is 19.4. The summed E-state index contributed by atoms with van der Waals surface area (Å²) in [4.78, 5) is 7.25. The van der Waals surface area contributed by atoms with Crippen LogP contribution in [0, 0.1) is 12.7 Å². The van der Waals surface area contributed by atoms with E-state index in [0.29, 0.717) is 11.3 Å². The fraction of sp³-hybridized carbons (Fsp3) is 0.231. The number of rotatable bonds is 3. The third-order valence-electron chi connectivity index (χ3n) is 2.69.